The fourth-order valence-corrected chi connectivity index (χ4v) is 3.79. The van der Waals surface area contributed by atoms with Gasteiger partial charge in [-0.25, -0.2) is 9.59 Å². The Kier molecular flexibility index (Phi) is 6.50. The lowest BCUT2D eigenvalue weighted by Gasteiger charge is -2.27. The molecular weight excluding hydrogens is 480 g/mol. The van der Waals surface area contributed by atoms with Crippen LogP contribution in [0.3, 0.4) is 0 Å². The minimum atomic E-state index is -1.06. The molecule has 1 aromatic heterocycles. The second kappa shape index (κ2) is 9.69. The maximum atomic E-state index is 12.7. The molecule has 0 saturated heterocycles. The Hall–Kier alpha value is -5.01. The first-order chi connectivity index (χ1) is 17.2. The monoisotopic (exact) mass is 498 g/mol. The third-order valence-electron chi connectivity index (χ3n) is 5.32. The van der Waals surface area contributed by atoms with Crippen LogP contribution < -0.4 is 10.6 Å². The van der Waals surface area contributed by atoms with Crippen molar-refractivity contribution in [2.24, 2.45) is 0 Å². The number of carbonyl (C=O) groups excluding carboxylic acids is 5. The molecule has 14 heteroatoms. The summed E-state index contributed by atoms with van der Waals surface area (Å²) in [5, 5.41) is 16.1. The van der Waals surface area contributed by atoms with Crippen LogP contribution in [-0.4, -0.2) is 59.4 Å². The number of nitro benzene ring substituents is 1. The molecule has 2 aromatic rings. The number of imide groups is 1. The molecule has 2 N–H and O–H groups in total. The van der Waals surface area contributed by atoms with Gasteiger partial charge in [-0.2, -0.15) is 0 Å². The number of hydrogen-bond acceptors (Lipinski definition) is 10. The second-order valence-electron chi connectivity index (χ2n) is 7.47. The Morgan fingerprint density at radius 1 is 1.14 bits per heavy atom. The molecule has 4 amide bonds. The van der Waals surface area contributed by atoms with Crippen molar-refractivity contribution in [2.75, 3.05) is 19.8 Å². The summed E-state index contributed by atoms with van der Waals surface area (Å²) in [5.41, 5.74) is -1.35. The number of urea groups is 1. The molecule has 186 valence electrons. The Morgan fingerprint density at radius 2 is 1.92 bits per heavy atom. The van der Waals surface area contributed by atoms with Crippen molar-refractivity contribution in [3.05, 3.63) is 74.9 Å². The number of rotatable bonds is 8. The lowest BCUT2D eigenvalue weighted by atomic mass is 10.0. The second-order valence-corrected chi connectivity index (χ2v) is 7.47. The van der Waals surface area contributed by atoms with E-state index in [4.69, 9.17) is 13.9 Å². The highest BCUT2D eigenvalue weighted by molar-refractivity contribution is 6.24. The van der Waals surface area contributed by atoms with Gasteiger partial charge in [0.1, 0.15) is 30.5 Å². The quantitative estimate of drug-likeness (QED) is 0.232. The highest BCUT2D eigenvalue weighted by atomic mass is 16.6. The zero-order chi connectivity index (χ0) is 26.0. The van der Waals surface area contributed by atoms with Crippen molar-refractivity contribution in [1.82, 2.24) is 15.5 Å². The summed E-state index contributed by atoms with van der Waals surface area (Å²) in [4.78, 5) is 73.5. The van der Waals surface area contributed by atoms with Crippen LogP contribution in [0.5, 0.6) is 0 Å². The smallest absolute Gasteiger partial charge is 0.338 e. The number of esters is 2. The number of amides is 4. The Morgan fingerprint density at radius 3 is 2.58 bits per heavy atom. The summed E-state index contributed by atoms with van der Waals surface area (Å²) >= 11 is 0. The fourth-order valence-electron chi connectivity index (χ4n) is 3.79. The van der Waals surface area contributed by atoms with E-state index >= 15 is 0 Å². The average molecular weight is 498 g/mol. The molecule has 36 heavy (non-hydrogen) atoms. The van der Waals surface area contributed by atoms with Crippen molar-refractivity contribution in [1.29, 1.82) is 0 Å². The minimum Gasteiger partial charge on any atom is -0.467 e. The van der Waals surface area contributed by atoms with Gasteiger partial charge in [0.15, 0.2) is 0 Å². The first kappa shape index (κ1) is 24.1. The number of hydrogen-bond donors (Lipinski definition) is 2. The van der Waals surface area contributed by atoms with E-state index in [-0.39, 0.29) is 29.2 Å². The van der Waals surface area contributed by atoms with Gasteiger partial charge < -0.3 is 24.5 Å². The van der Waals surface area contributed by atoms with Crippen molar-refractivity contribution in [3.63, 3.8) is 0 Å². The van der Waals surface area contributed by atoms with Crippen LogP contribution in [0.4, 0.5) is 10.5 Å². The molecule has 0 aliphatic carbocycles. The van der Waals surface area contributed by atoms with Gasteiger partial charge in [0, 0.05) is 6.07 Å². The van der Waals surface area contributed by atoms with Gasteiger partial charge in [0.05, 0.1) is 34.6 Å². The van der Waals surface area contributed by atoms with Crippen molar-refractivity contribution >= 4 is 35.5 Å². The van der Waals surface area contributed by atoms with Gasteiger partial charge in [0.2, 0.25) is 0 Å². The maximum absolute atomic E-state index is 12.7. The molecule has 14 nitrogen and oxygen atoms in total. The Bertz CT molecular complexity index is 1310. The van der Waals surface area contributed by atoms with Crippen LogP contribution in [0.2, 0.25) is 0 Å². The third kappa shape index (κ3) is 4.38. The predicted octanol–water partition coefficient (Wildman–Crippen LogP) is 1.20. The summed E-state index contributed by atoms with van der Waals surface area (Å²) in [6.45, 7) is 0.154. The van der Waals surface area contributed by atoms with E-state index in [0.717, 1.165) is 6.07 Å². The molecular formula is C22H18N4O10. The van der Waals surface area contributed by atoms with Gasteiger partial charge in [-0.05, 0) is 25.1 Å². The molecule has 0 bridgehead atoms. The zero-order valence-corrected chi connectivity index (χ0v) is 18.6. The molecule has 0 unspecified atom stereocenters. The molecule has 0 spiro atoms. The van der Waals surface area contributed by atoms with E-state index in [2.05, 4.69) is 10.6 Å². The lowest BCUT2D eigenvalue weighted by Crippen LogP contribution is -2.47. The molecule has 0 radical (unpaired) electrons. The van der Waals surface area contributed by atoms with Gasteiger partial charge in [-0.1, -0.05) is 6.07 Å². The average Bonchev–Trinajstić information content (AvgIpc) is 3.46. The summed E-state index contributed by atoms with van der Waals surface area (Å²) in [5.74, 6) is -3.55. The highest BCUT2D eigenvalue weighted by Gasteiger charge is 2.42. The van der Waals surface area contributed by atoms with Gasteiger partial charge >= 0.3 is 18.0 Å². The molecule has 2 aliphatic heterocycles. The van der Waals surface area contributed by atoms with Gasteiger partial charge in [-0.15, -0.1) is 0 Å². The van der Waals surface area contributed by atoms with E-state index in [9.17, 15) is 34.1 Å². The number of nitrogens with zero attached hydrogens (tertiary/aromatic N) is 2. The van der Waals surface area contributed by atoms with Crippen molar-refractivity contribution < 1.29 is 42.8 Å². The molecule has 3 heterocycles. The number of benzene rings is 1. The lowest BCUT2D eigenvalue weighted by molar-refractivity contribution is -0.385. The molecule has 1 aromatic carbocycles. The van der Waals surface area contributed by atoms with Crippen molar-refractivity contribution in [2.45, 2.75) is 13.0 Å². The van der Waals surface area contributed by atoms with Crippen LogP contribution in [0, 0.1) is 10.1 Å². The maximum Gasteiger partial charge on any atom is 0.338 e. The van der Waals surface area contributed by atoms with Crippen LogP contribution in [-0.2, 0) is 19.1 Å². The number of nitrogens with one attached hydrogen (secondary N) is 2. The number of ether oxygens (including phenoxy) is 2. The van der Waals surface area contributed by atoms with E-state index < -0.39 is 65.2 Å². The van der Waals surface area contributed by atoms with Crippen LogP contribution in [0.25, 0.3) is 0 Å². The summed E-state index contributed by atoms with van der Waals surface area (Å²) in [6, 6.07) is 4.91. The number of furan rings is 1. The minimum absolute atomic E-state index is 0.0279. The van der Waals surface area contributed by atoms with Gasteiger partial charge in [0.25, 0.3) is 17.5 Å². The molecule has 0 saturated carbocycles. The molecule has 4 rings (SSSR count). The Balaban J connectivity index is 1.53. The summed E-state index contributed by atoms with van der Waals surface area (Å²) < 4.78 is 15.5. The standard InChI is InChI=1S/C22H18N4O10/c1-2-34-21(30)17-12(23-22(31)24-18(17)14-7-4-8-35-14)10-36-15(27)9-25-19(28)11-5-3-6-13(26(32)33)16(11)20(25)29/h3-8,18H,2,9-10H2,1H3,(H2,23,24,31)/t18-/m1/s1. The topological polar surface area (TPSA) is 187 Å². The van der Waals surface area contributed by atoms with Crippen LogP contribution in [0.15, 0.2) is 52.3 Å². The van der Waals surface area contributed by atoms with E-state index in [0.29, 0.717) is 4.90 Å². The summed E-state index contributed by atoms with van der Waals surface area (Å²) in [7, 11) is 0. The molecule has 2 aliphatic rings. The van der Waals surface area contributed by atoms with E-state index in [1.54, 1.807) is 13.0 Å². The first-order valence-corrected chi connectivity index (χ1v) is 10.5. The normalized spacial score (nSPS) is 16.9. The first-order valence-electron chi connectivity index (χ1n) is 10.5. The summed E-state index contributed by atoms with van der Waals surface area (Å²) in [6.07, 6.45) is 1.35. The third-order valence-corrected chi connectivity index (χ3v) is 5.32. The van der Waals surface area contributed by atoms with Crippen LogP contribution >= 0.6 is 0 Å². The van der Waals surface area contributed by atoms with E-state index in [1.807, 2.05) is 0 Å². The SMILES string of the molecule is CCOC(=O)C1=C(COC(=O)CN2C(=O)c3cccc([N+](=O)[O-])c3C2=O)NC(=O)N[C@@H]1c1ccco1. The van der Waals surface area contributed by atoms with Crippen molar-refractivity contribution in [3.8, 4) is 0 Å². The van der Waals surface area contributed by atoms with Crippen LogP contribution in [0.1, 0.15) is 39.4 Å². The molecule has 1 atom stereocenters. The predicted molar refractivity (Wildman–Crippen MR) is 116 cm³/mol. The highest BCUT2D eigenvalue weighted by Crippen LogP contribution is 2.31. The molecule has 0 fully saturated rings. The number of fused-ring (bicyclic) bond motifs is 1. The Labute approximate surface area is 202 Å². The van der Waals surface area contributed by atoms with E-state index in [1.165, 1.54) is 24.5 Å². The number of nitro groups is 1. The largest absolute Gasteiger partial charge is 0.467 e. The van der Waals surface area contributed by atoms with Gasteiger partial charge in [-0.3, -0.25) is 29.4 Å². The fraction of sp³-hybridized carbons (Fsp3) is 0.227. The number of carbonyl (C=O) groups is 5. The zero-order valence-electron chi connectivity index (χ0n) is 18.6.